The van der Waals surface area contributed by atoms with Gasteiger partial charge in [-0.05, 0) is 37.9 Å². The van der Waals surface area contributed by atoms with E-state index in [9.17, 15) is 0 Å². The summed E-state index contributed by atoms with van der Waals surface area (Å²) < 4.78 is 5.48. The summed E-state index contributed by atoms with van der Waals surface area (Å²) in [6.45, 7) is 5.94. The third kappa shape index (κ3) is 4.40. The lowest BCUT2D eigenvalue weighted by Gasteiger charge is -2.19. The molecule has 1 saturated carbocycles. The third-order valence-corrected chi connectivity index (χ3v) is 4.57. The van der Waals surface area contributed by atoms with E-state index in [4.69, 9.17) is 9.40 Å². The lowest BCUT2D eigenvalue weighted by molar-refractivity contribution is 0.223. The van der Waals surface area contributed by atoms with Crippen molar-refractivity contribution in [1.29, 1.82) is 0 Å². The van der Waals surface area contributed by atoms with Crippen molar-refractivity contribution in [2.45, 2.75) is 51.9 Å². The number of rotatable bonds is 9. The number of thiazole rings is 1. The summed E-state index contributed by atoms with van der Waals surface area (Å²) in [5, 5.41) is 6.79. The Morgan fingerprint density at radius 1 is 1.43 bits per heavy atom. The predicted octanol–water partition coefficient (Wildman–Crippen LogP) is 3.40. The van der Waals surface area contributed by atoms with Crippen molar-refractivity contribution >= 4 is 11.3 Å². The normalized spacial score (nSPS) is 15.0. The molecular weight excluding hydrogens is 282 g/mol. The van der Waals surface area contributed by atoms with Crippen molar-refractivity contribution in [1.82, 2.24) is 15.2 Å². The number of hydrogen-bond donors (Lipinski definition) is 1. The van der Waals surface area contributed by atoms with E-state index in [1.54, 1.807) is 17.6 Å². The van der Waals surface area contributed by atoms with Gasteiger partial charge in [-0.2, -0.15) is 0 Å². The van der Waals surface area contributed by atoms with Crippen LogP contribution in [0.25, 0.3) is 0 Å². The van der Waals surface area contributed by atoms with E-state index in [0.717, 1.165) is 38.4 Å². The second-order valence-electron chi connectivity index (χ2n) is 5.62. The van der Waals surface area contributed by atoms with Gasteiger partial charge in [0.15, 0.2) is 0 Å². The molecule has 0 amide bonds. The number of nitrogens with one attached hydrogen (secondary N) is 1. The third-order valence-electron chi connectivity index (χ3n) is 3.67. The van der Waals surface area contributed by atoms with Crippen LogP contribution in [0.5, 0.6) is 0 Å². The first-order chi connectivity index (χ1) is 10.3. The van der Waals surface area contributed by atoms with Crippen molar-refractivity contribution < 1.29 is 4.42 Å². The minimum Gasteiger partial charge on any atom is -0.468 e. The van der Waals surface area contributed by atoms with Crippen LogP contribution < -0.4 is 5.32 Å². The summed E-state index contributed by atoms with van der Waals surface area (Å²) in [6.07, 6.45) is 5.52. The van der Waals surface area contributed by atoms with Crippen LogP contribution in [0, 0.1) is 0 Å². The maximum absolute atomic E-state index is 5.48. The molecule has 1 aliphatic rings. The van der Waals surface area contributed by atoms with Crippen LogP contribution >= 0.6 is 11.3 Å². The van der Waals surface area contributed by atoms with Crippen LogP contribution in [0.4, 0.5) is 0 Å². The van der Waals surface area contributed by atoms with Gasteiger partial charge in [0.25, 0.3) is 0 Å². The monoisotopic (exact) mass is 305 g/mol. The molecule has 0 aliphatic heterocycles. The van der Waals surface area contributed by atoms with E-state index in [1.807, 2.05) is 6.07 Å². The Morgan fingerprint density at radius 3 is 3.05 bits per heavy atom. The van der Waals surface area contributed by atoms with Gasteiger partial charge in [0, 0.05) is 24.5 Å². The van der Waals surface area contributed by atoms with Crippen molar-refractivity contribution in [2.24, 2.45) is 0 Å². The standard InChI is InChI=1S/C16H23N3OS/c1-2-7-17-9-16-18-13(12-21-16)10-19(14-5-6-14)11-15-4-3-8-20-15/h3-4,8,12,14,17H,2,5-7,9-11H2,1H3. The molecule has 2 aromatic heterocycles. The average molecular weight is 305 g/mol. The van der Waals surface area contributed by atoms with E-state index in [-0.39, 0.29) is 0 Å². The molecule has 114 valence electrons. The molecule has 0 unspecified atom stereocenters. The molecule has 3 rings (SSSR count). The second kappa shape index (κ2) is 7.20. The Labute approximate surface area is 130 Å². The minimum atomic E-state index is 0.707. The van der Waals surface area contributed by atoms with Crippen LogP contribution in [-0.4, -0.2) is 22.5 Å². The predicted molar refractivity (Wildman–Crippen MR) is 85.1 cm³/mol. The highest BCUT2D eigenvalue weighted by atomic mass is 32.1. The summed E-state index contributed by atoms with van der Waals surface area (Å²) >= 11 is 1.76. The largest absolute Gasteiger partial charge is 0.468 e. The summed E-state index contributed by atoms with van der Waals surface area (Å²) in [6, 6.07) is 4.72. The first-order valence-electron chi connectivity index (χ1n) is 7.75. The molecule has 5 heteroatoms. The zero-order valence-corrected chi connectivity index (χ0v) is 13.4. The molecule has 2 heterocycles. The molecule has 0 aromatic carbocycles. The van der Waals surface area contributed by atoms with Crippen molar-refractivity contribution in [3.8, 4) is 0 Å². The molecule has 0 saturated heterocycles. The second-order valence-corrected chi connectivity index (χ2v) is 6.57. The SMILES string of the molecule is CCCNCc1nc(CN(Cc2ccco2)C2CC2)cs1. The summed E-state index contributed by atoms with van der Waals surface area (Å²) in [5.74, 6) is 1.04. The molecule has 2 aromatic rings. The number of nitrogens with zero attached hydrogens (tertiary/aromatic N) is 2. The van der Waals surface area contributed by atoms with Crippen molar-refractivity contribution in [3.63, 3.8) is 0 Å². The van der Waals surface area contributed by atoms with Crippen LogP contribution in [0.1, 0.15) is 42.6 Å². The van der Waals surface area contributed by atoms with E-state index in [1.165, 1.54) is 23.5 Å². The summed E-state index contributed by atoms with van der Waals surface area (Å²) in [4.78, 5) is 7.23. The van der Waals surface area contributed by atoms with Gasteiger partial charge in [-0.3, -0.25) is 4.90 Å². The summed E-state index contributed by atoms with van der Waals surface area (Å²) in [7, 11) is 0. The Morgan fingerprint density at radius 2 is 2.33 bits per heavy atom. The van der Waals surface area contributed by atoms with Crippen LogP contribution in [0.2, 0.25) is 0 Å². The summed E-state index contributed by atoms with van der Waals surface area (Å²) in [5.41, 5.74) is 1.19. The van der Waals surface area contributed by atoms with Gasteiger partial charge < -0.3 is 9.73 Å². The fourth-order valence-corrected chi connectivity index (χ4v) is 3.19. The molecule has 0 atom stereocenters. The Hall–Kier alpha value is -1.17. The Balaban J connectivity index is 1.55. The first kappa shape index (κ1) is 14.8. The highest BCUT2D eigenvalue weighted by Crippen LogP contribution is 2.30. The first-order valence-corrected chi connectivity index (χ1v) is 8.63. The van der Waals surface area contributed by atoms with Crippen LogP contribution in [0.15, 0.2) is 28.2 Å². The number of aromatic nitrogens is 1. The van der Waals surface area contributed by atoms with Gasteiger partial charge >= 0.3 is 0 Å². The van der Waals surface area contributed by atoms with E-state index >= 15 is 0 Å². The highest BCUT2D eigenvalue weighted by molar-refractivity contribution is 7.09. The average Bonchev–Trinajstić information content (AvgIpc) is 3.03. The number of hydrogen-bond acceptors (Lipinski definition) is 5. The maximum Gasteiger partial charge on any atom is 0.117 e. The fourth-order valence-electron chi connectivity index (χ4n) is 2.44. The molecular formula is C16H23N3OS. The lowest BCUT2D eigenvalue weighted by atomic mass is 10.3. The minimum absolute atomic E-state index is 0.707. The molecule has 1 fully saturated rings. The lowest BCUT2D eigenvalue weighted by Crippen LogP contribution is -2.25. The zero-order chi connectivity index (χ0) is 14.5. The number of furan rings is 1. The molecule has 0 radical (unpaired) electrons. The van der Waals surface area contributed by atoms with Crippen molar-refractivity contribution in [3.05, 3.63) is 40.2 Å². The molecule has 4 nitrogen and oxygen atoms in total. The van der Waals surface area contributed by atoms with E-state index in [0.29, 0.717) is 6.04 Å². The van der Waals surface area contributed by atoms with E-state index in [2.05, 4.69) is 28.6 Å². The highest BCUT2D eigenvalue weighted by Gasteiger charge is 2.29. The van der Waals surface area contributed by atoms with Gasteiger partial charge in [-0.25, -0.2) is 4.98 Å². The van der Waals surface area contributed by atoms with Gasteiger partial charge in [-0.1, -0.05) is 6.92 Å². The molecule has 1 aliphatic carbocycles. The maximum atomic E-state index is 5.48. The topological polar surface area (TPSA) is 41.3 Å². The fraction of sp³-hybridized carbons (Fsp3) is 0.562. The molecule has 0 bridgehead atoms. The van der Waals surface area contributed by atoms with Crippen LogP contribution in [0.3, 0.4) is 0 Å². The molecule has 0 spiro atoms. The molecule has 1 N–H and O–H groups in total. The Bertz CT molecular complexity index is 533. The zero-order valence-electron chi connectivity index (χ0n) is 12.5. The van der Waals surface area contributed by atoms with Gasteiger partial charge in [0.2, 0.25) is 0 Å². The quantitative estimate of drug-likeness (QED) is 0.721. The molecule has 21 heavy (non-hydrogen) atoms. The van der Waals surface area contributed by atoms with Crippen molar-refractivity contribution in [2.75, 3.05) is 6.54 Å². The van der Waals surface area contributed by atoms with E-state index < -0.39 is 0 Å². The van der Waals surface area contributed by atoms with Gasteiger partial charge in [0.1, 0.15) is 10.8 Å². The van der Waals surface area contributed by atoms with Crippen LogP contribution in [-0.2, 0) is 19.6 Å². The smallest absolute Gasteiger partial charge is 0.117 e. The van der Waals surface area contributed by atoms with Gasteiger partial charge in [0.05, 0.1) is 18.5 Å². The van der Waals surface area contributed by atoms with Gasteiger partial charge in [-0.15, -0.1) is 11.3 Å². The Kier molecular flexibility index (Phi) is 5.06.